The van der Waals surface area contributed by atoms with Gasteiger partial charge in [-0.05, 0) is 11.6 Å². The van der Waals surface area contributed by atoms with Gasteiger partial charge in [0.25, 0.3) is 5.91 Å². The number of anilines is 1. The lowest BCUT2D eigenvalue weighted by Crippen LogP contribution is -2.32. The molecule has 3 heterocycles. The third kappa shape index (κ3) is 2.74. The van der Waals surface area contributed by atoms with Gasteiger partial charge < -0.3 is 15.6 Å². The number of amides is 1. The first-order valence-corrected chi connectivity index (χ1v) is 7.81. The molecule has 0 aliphatic carbocycles. The number of hydrogen-bond donors (Lipinski definition) is 2. The molecule has 4 rings (SSSR count). The van der Waals surface area contributed by atoms with Crippen LogP contribution in [0.15, 0.2) is 42.6 Å². The number of carbonyl (C=O) groups is 1. The van der Waals surface area contributed by atoms with Crippen LogP contribution in [0, 0.1) is 0 Å². The maximum absolute atomic E-state index is 12.6. The Hall–Kier alpha value is -2.86. The number of nitrogens with one attached hydrogen (secondary N) is 1. The highest BCUT2D eigenvalue weighted by Crippen LogP contribution is 2.39. The van der Waals surface area contributed by atoms with Crippen molar-refractivity contribution in [2.45, 2.75) is 6.42 Å². The molecular weight excluding hydrogens is 338 g/mol. The third-order valence-corrected chi connectivity index (χ3v) is 4.37. The average Bonchev–Trinajstić information content (AvgIpc) is 2.90. The van der Waals surface area contributed by atoms with Crippen molar-refractivity contribution in [3.63, 3.8) is 0 Å². The fourth-order valence-corrected chi connectivity index (χ4v) is 3.34. The molecule has 1 aromatic carbocycles. The van der Waals surface area contributed by atoms with Gasteiger partial charge in [0.2, 0.25) is 5.95 Å². The van der Waals surface area contributed by atoms with E-state index >= 15 is 0 Å². The van der Waals surface area contributed by atoms with Gasteiger partial charge in [-0.3, -0.25) is 4.79 Å². The van der Waals surface area contributed by atoms with Crippen molar-refractivity contribution in [3.8, 4) is 22.5 Å². The predicted octanol–water partition coefficient (Wildman–Crippen LogP) is 2.44. The maximum atomic E-state index is 12.6. The van der Waals surface area contributed by atoms with E-state index in [0.717, 1.165) is 34.5 Å². The molecule has 1 amide bonds. The van der Waals surface area contributed by atoms with E-state index in [-0.39, 0.29) is 24.3 Å². The van der Waals surface area contributed by atoms with Crippen molar-refractivity contribution in [3.05, 3.63) is 53.9 Å². The number of rotatable bonds is 2. The van der Waals surface area contributed by atoms with Gasteiger partial charge in [0.05, 0.1) is 17.0 Å². The van der Waals surface area contributed by atoms with Gasteiger partial charge in [-0.1, -0.05) is 30.3 Å². The van der Waals surface area contributed by atoms with Crippen LogP contribution in [-0.4, -0.2) is 27.0 Å². The van der Waals surface area contributed by atoms with E-state index in [1.807, 2.05) is 43.4 Å². The van der Waals surface area contributed by atoms with Gasteiger partial charge >= 0.3 is 0 Å². The number of nitrogens with zero attached hydrogens (tertiary/aromatic N) is 3. The minimum Gasteiger partial charge on any atom is -0.368 e. The van der Waals surface area contributed by atoms with Gasteiger partial charge in [0.15, 0.2) is 0 Å². The number of halogens is 1. The van der Waals surface area contributed by atoms with Gasteiger partial charge in [0, 0.05) is 37.5 Å². The van der Waals surface area contributed by atoms with Crippen LogP contribution in [0.25, 0.3) is 22.5 Å². The zero-order chi connectivity index (χ0) is 16.7. The number of hydrogen-bond acceptors (Lipinski definition) is 4. The van der Waals surface area contributed by atoms with Crippen molar-refractivity contribution in [1.82, 2.24) is 19.9 Å². The largest absolute Gasteiger partial charge is 0.368 e. The molecule has 25 heavy (non-hydrogen) atoms. The van der Waals surface area contributed by atoms with Gasteiger partial charge in [0.1, 0.15) is 0 Å². The molecule has 3 aromatic rings. The lowest BCUT2D eigenvalue weighted by Gasteiger charge is -2.15. The van der Waals surface area contributed by atoms with E-state index in [1.54, 1.807) is 6.20 Å². The number of nitrogen functional groups attached to an aromatic ring is 1. The van der Waals surface area contributed by atoms with Crippen LogP contribution in [0.1, 0.15) is 16.1 Å². The van der Waals surface area contributed by atoms with Crippen LogP contribution >= 0.6 is 12.4 Å². The predicted molar refractivity (Wildman–Crippen MR) is 99.6 cm³/mol. The summed E-state index contributed by atoms with van der Waals surface area (Å²) in [6.45, 7) is 0.642. The molecule has 0 saturated carbocycles. The smallest absolute Gasteiger partial charge is 0.253 e. The Balaban J connectivity index is 0.00000182. The SMILES string of the molecule is Cl.Cn1c2c(c(-c3ccccc3)c1-c1ccnc(N)n1)C(=O)NCC2. The fraction of sp³-hybridized carbons (Fsp3) is 0.167. The highest BCUT2D eigenvalue weighted by molar-refractivity contribution is 6.06. The number of fused-ring (bicyclic) bond motifs is 1. The molecule has 0 unspecified atom stereocenters. The molecular formula is C18H18ClN5O. The molecule has 3 N–H and O–H groups in total. The molecule has 128 valence electrons. The Morgan fingerprint density at radius 2 is 1.92 bits per heavy atom. The molecule has 1 aliphatic heterocycles. The Morgan fingerprint density at radius 3 is 2.64 bits per heavy atom. The van der Waals surface area contributed by atoms with Crippen molar-refractivity contribution in [2.75, 3.05) is 12.3 Å². The first-order chi connectivity index (χ1) is 11.7. The standard InChI is InChI=1S/C18H17N5O.ClH/c1-23-13-8-10-20-17(24)15(13)14(11-5-3-2-4-6-11)16(23)12-7-9-21-18(19)22-12;/h2-7,9H,8,10H2,1H3,(H,20,24)(H2,19,21,22);1H. The Morgan fingerprint density at radius 1 is 1.16 bits per heavy atom. The van der Waals surface area contributed by atoms with E-state index in [0.29, 0.717) is 12.2 Å². The van der Waals surface area contributed by atoms with Crippen LogP contribution in [0.3, 0.4) is 0 Å². The van der Waals surface area contributed by atoms with Crippen molar-refractivity contribution in [1.29, 1.82) is 0 Å². The van der Waals surface area contributed by atoms with E-state index in [9.17, 15) is 4.79 Å². The summed E-state index contributed by atoms with van der Waals surface area (Å²) < 4.78 is 2.05. The first kappa shape index (κ1) is 17.0. The molecule has 0 spiro atoms. The van der Waals surface area contributed by atoms with Crippen molar-refractivity contribution >= 4 is 24.3 Å². The van der Waals surface area contributed by atoms with E-state index in [1.165, 1.54) is 0 Å². The molecule has 0 atom stereocenters. The molecule has 7 heteroatoms. The molecule has 0 fully saturated rings. The second-order valence-corrected chi connectivity index (χ2v) is 5.78. The monoisotopic (exact) mass is 355 g/mol. The Labute approximate surface area is 151 Å². The summed E-state index contributed by atoms with van der Waals surface area (Å²) in [7, 11) is 1.97. The summed E-state index contributed by atoms with van der Waals surface area (Å²) in [5, 5.41) is 2.94. The normalized spacial score (nSPS) is 12.9. The average molecular weight is 356 g/mol. The number of benzene rings is 1. The van der Waals surface area contributed by atoms with Crippen LogP contribution in [0.4, 0.5) is 5.95 Å². The highest BCUT2D eigenvalue weighted by Gasteiger charge is 2.30. The van der Waals surface area contributed by atoms with E-state index in [2.05, 4.69) is 19.9 Å². The van der Waals surface area contributed by atoms with Crippen LogP contribution in [0.2, 0.25) is 0 Å². The minimum atomic E-state index is -0.0426. The molecule has 1 aliphatic rings. The number of carbonyl (C=O) groups excluding carboxylic acids is 1. The molecule has 0 saturated heterocycles. The summed E-state index contributed by atoms with van der Waals surface area (Å²) >= 11 is 0. The quantitative estimate of drug-likeness (QED) is 0.739. The van der Waals surface area contributed by atoms with E-state index in [4.69, 9.17) is 5.73 Å². The third-order valence-electron chi connectivity index (χ3n) is 4.37. The highest BCUT2D eigenvalue weighted by atomic mass is 35.5. The molecule has 2 aromatic heterocycles. The summed E-state index contributed by atoms with van der Waals surface area (Å²) in [5.74, 6) is 0.175. The topological polar surface area (TPSA) is 85.8 Å². The van der Waals surface area contributed by atoms with Crippen molar-refractivity contribution in [2.24, 2.45) is 7.05 Å². The lowest BCUT2D eigenvalue weighted by molar-refractivity contribution is 0.0946. The molecule has 0 bridgehead atoms. The number of aromatic nitrogens is 3. The van der Waals surface area contributed by atoms with E-state index < -0.39 is 0 Å². The molecule has 6 nitrogen and oxygen atoms in total. The minimum absolute atomic E-state index is 0. The second kappa shape index (κ2) is 6.57. The number of nitrogens with two attached hydrogens (primary N) is 1. The van der Waals surface area contributed by atoms with Gasteiger partial charge in [-0.15, -0.1) is 12.4 Å². The summed E-state index contributed by atoms with van der Waals surface area (Å²) in [4.78, 5) is 20.9. The summed E-state index contributed by atoms with van der Waals surface area (Å²) in [6, 6.07) is 11.7. The zero-order valence-corrected chi connectivity index (χ0v) is 14.5. The lowest BCUT2D eigenvalue weighted by atomic mass is 9.96. The zero-order valence-electron chi connectivity index (χ0n) is 13.7. The van der Waals surface area contributed by atoms with Gasteiger partial charge in [-0.2, -0.15) is 0 Å². The van der Waals surface area contributed by atoms with Gasteiger partial charge in [-0.25, -0.2) is 9.97 Å². The maximum Gasteiger partial charge on any atom is 0.253 e. The van der Waals surface area contributed by atoms with Crippen LogP contribution in [0.5, 0.6) is 0 Å². The molecule has 0 radical (unpaired) electrons. The summed E-state index contributed by atoms with van der Waals surface area (Å²) in [5.41, 5.74) is 11.0. The summed E-state index contributed by atoms with van der Waals surface area (Å²) in [6.07, 6.45) is 2.43. The van der Waals surface area contributed by atoms with Crippen molar-refractivity contribution < 1.29 is 4.79 Å². The van der Waals surface area contributed by atoms with Crippen LogP contribution < -0.4 is 11.1 Å². The Kier molecular flexibility index (Phi) is 4.46. The second-order valence-electron chi connectivity index (χ2n) is 5.78. The Bertz CT molecular complexity index is 936. The van der Waals surface area contributed by atoms with Crippen LogP contribution in [-0.2, 0) is 13.5 Å². The fourth-order valence-electron chi connectivity index (χ4n) is 3.34. The first-order valence-electron chi connectivity index (χ1n) is 7.81.